The third-order valence-electron chi connectivity index (χ3n) is 1.95. The smallest absolute Gasteiger partial charge is 0.202 e. The van der Waals surface area contributed by atoms with Crippen molar-refractivity contribution in [3.63, 3.8) is 0 Å². The summed E-state index contributed by atoms with van der Waals surface area (Å²) in [6.07, 6.45) is 1.86. The lowest BCUT2D eigenvalue weighted by Gasteiger charge is -2.01. The van der Waals surface area contributed by atoms with E-state index in [-0.39, 0.29) is 12.5 Å². The van der Waals surface area contributed by atoms with Crippen molar-refractivity contribution in [1.82, 2.24) is 5.32 Å². The van der Waals surface area contributed by atoms with Crippen molar-refractivity contribution in [3.05, 3.63) is 0 Å². The molecule has 0 saturated carbocycles. The van der Waals surface area contributed by atoms with E-state index in [9.17, 15) is 0 Å². The van der Waals surface area contributed by atoms with E-state index in [4.69, 9.17) is 19.9 Å². The van der Waals surface area contributed by atoms with E-state index in [0.717, 1.165) is 19.3 Å². The second-order valence-electron chi connectivity index (χ2n) is 3.17. The topological polar surface area (TPSA) is 69.0 Å². The van der Waals surface area contributed by atoms with E-state index in [1.807, 2.05) is 0 Å². The first kappa shape index (κ1) is 13.3. The lowest BCUT2D eigenvalue weighted by Crippen LogP contribution is -2.23. The van der Waals surface area contributed by atoms with Gasteiger partial charge in [-0.1, -0.05) is 6.32 Å². The van der Waals surface area contributed by atoms with Gasteiger partial charge < -0.3 is 19.9 Å². The summed E-state index contributed by atoms with van der Waals surface area (Å²) in [4.78, 5) is 0. The molecular weight excluding hydrogens is 215 g/mol. The SMILES string of the molecule is N[B]CCCNC1OC1OCCOCS. The van der Waals surface area contributed by atoms with Crippen LogP contribution in [-0.4, -0.2) is 45.6 Å². The van der Waals surface area contributed by atoms with Crippen molar-refractivity contribution in [2.45, 2.75) is 25.3 Å². The van der Waals surface area contributed by atoms with Crippen LogP contribution >= 0.6 is 12.6 Å². The van der Waals surface area contributed by atoms with Gasteiger partial charge in [0.2, 0.25) is 7.41 Å². The number of nitrogens with two attached hydrogens (primary N) is 1. The molecular formula is C8H18BN2O3S. The maximum Gasteiger partial charge on any atom is 0.202 e. The monoisotopic (exact) mass is 233 g/mol. The van der Waals surface area contributed by atoms with Gasteiger partial charge in [0.25, 0.3) is 0 Å². The minimum Gasteiger partial charge on any atom is -0.374 e. The first-order valence-corrected chi connectivity index (χ1v) is 5.74. The van der Waals surface area contributed by atoms with Gasteiger partial charge in [-0.05, 0) is 13.0 Å². The number of hydrogen-bond acceptors (Lipinski definition) is 6. The quantitative estimate of drug-likeness (QED) is 0.157. The number of nitrogens with one attached hydrogen (secondary N) is 1. The maximum absolute atomic E-state index is 5.35. The van der Waals surface area contributed by atoms with Gasteiger partial charge in [-0.15, -0.1) is 0 Å². The van der Waals surface area contributed by atoms with Crippen LogP contribution < -0.4 is 11.0 Å². The maximum atomic E-state index is 5.35. The summed E-state index contributed by atoms with van der Waals surface area (Å²) in [5.74, 6) is 0.423. The molecule has 1 aliphatic heterocycles. The molecule has 1 heterocycles. The molecule has 1 fully saturated rings. The zero-order valence-corrected chi connectivity index (χ0v) is 9.62. The van der Waals surface area contributed by atoms with Crippen molar-refractivity contribution in [3.8, 4) is 0 Å². The Morgan fingerprint density at radius 3 is 3.07 bits per heavy atom. The molecule has 0 aromatic rings. The molecule has 1 radical (unpaired) electrons. The zero-order valence-electron chi connectivity index (χ0n) is 8.72. The summed E-state index contributed by atoms with van der Waals surface area (Å²) in [5, 5.41) is 3.20. The molecule has 0 bridgehead atoms. The van der Waals surface area contributed by atoms with Crippen molar-refractivity contribution in [2.75, 3.05) is 25.7 Å². The lowest BCUT2D eigenvalue weighted by molar-refractivity contribution is 0.0143. The van der Waals surface area contributed by atoms with Gasteiger partial charge in [-0.25, -0.2) is 0 Å². The summed E-state index contributed by atoms with van der Waals surface area (Å²) in [6, 6.07) is 0. The highest BCUT2D eigenvalue weighted by Crippen LogP contribution is 2.20. The van der Waals surface area contributed by atoms with Crippen LogP contribution in [0.4, 0.5) is 0 Å². The first-order chi connectivity index (χ1) is 7.38. The van der Waals surface area contributed by atoms with Gasteiger partial charge in [0, 0.05) is 0 Å². The van der Waals surface area contributed by atoms with E-state index in [0.29, 0.717) is 19.2 Å². The molecule has 0 aliphatic carbocycles. The Kier molecular flexibility index (Phi) is 7.42. The van der Waals surface area contributed by atoms with Crippen molar-refractivity contribution >= 4 is 20.0 Å². The summed E-state index contributed by atoms with van der Waals surface area (Å²) < 4.78 is 15.6. The number of hydrogen-bond donors (Lipinski definition) is 3. The van der Waals surface area contributed by atoms with Crippen LogP contribution in [0.1, 0.15) is 6.42 Å². The predicted molar refractivity (Wildman–Crippen MR) is 61.8 cm³/mol. The van der Waals surface area contributed by atoms with Crippen LogP contribution in [0.3, 0.4) is 0 Å². The van der Waals surface area contributed by atoms with E-state index in [1.165, 1.54) is 0 Å². The molecule has 0 spiro atoms. The largest absolute Gasteiger partial charge is 0.374 e. The molecule has 1 aliphatic rings. The number of rotatable bonds is 10. The number of ether oxygens (including phenoxy) is 3. The highest BCUT2D eigenvalue weighted by atomic mass is 32.1. The van der Waals surface area contributed by atoms with Crippen molar-refractivity contribution < 1.29 is 14.2 Å². The van der Waals surface area contributed by atoms with Crippen LogP contribution in [0.15, 0.2) is 0 Å². The number of thiol groups is 1. The standard InChI is InChI=1S/C8H18BN2O3S/c10-9-2-1-3-11-7-8(14-7)13-5-4-12-6-15/h7-8,11,15H,1-6,10H2. The highest BCUT2D eigenvalue weighted by molar-refractivity contribution is 7.80. The van der Waals surface area contributed by atoms with Gasteiger partial charge in [0.05, 0.1) is 19.2 Å². The minimum atomic E-state index is -0.115. The van der Waals surface area contributed by atoms with Gasteiger partial charge in [0.15, 0.2) is 12.5 Å². The second-order valence-corrected chi connectivity index (χ2v) is 3.42. The molecule has 2 atom stereocenters. The van der Waals surface area contributed by atoms with E-state index >= 15 is 0 Å². The summed E-state index contributed by atoms with van der Waals surface area (Å²) in [6.45, 7) is 1.99. The van der Waals surface area contributed by atoms with E-state index in [1.54, 1.807) is 7.41 Å². The molecule has 1 rings (SSSR count). The fourth-order valence-corrected chi connectivity index (χ4v) is 1.25. The highest BCUT2D eigenvalue weighted by Gasteiger charge is 2.39. The molecule has 7 heteroatoms. The van der Waals surface area contributed by atoms with Crippen LogP contribution in [0.5, 0.6) is 0 Å². The Balaban J connectivity index is 1.81. The average Bonchev–Trinajstić information content (AvgIpc) is 2.99. The van der Waals surface area contributed by atoms with Crippen LogP contribution in [0.25, 0.3) is 0 Å². The van der Waals surface area contributed by atoms with Crippen LogP contribution in [0, 0.1) is 0 Å². The fraction of sp³-hybridized carbons (Fsp3) is 1.00. The Bertz CT molecular complexity index is 151. The molecule has 0 aromatic heterocycles. The summed E-state index contributed by atoms with van der Waals surface area (Å²) in [5.41, 5.74) is 5.25. The van der Waals surface area contributed by atoms with Gasteiger partial charge in [-0.2, -0.15) is 12.6 Å². The van der Waals surface area contributed by atoms with Crippen LogP contribution in [-0.2, 0) is 14.2 Å². The van der Waals surface area contributed by atoms with Gasteiger partial charge in [-0.3, -0.25) is 5.32 Å². The Morgan fingerprint density at radius 2 is 2.33 bits per heavy atom. The molecule has 0 amide bonds. The van der Waals surface area contributed by atoms with Crippen LogP contribution in [0.2, 0.25) is 6.32 Å². The van der Waals surface area contributed by atoms with Crippen molar-refractivity contribution in [1.29, 1.82) is 0 Å². The molecule has 0 aromatic carbocycles. The number of epoxide rings is 1. The molecule has 87 valence electrons. The van der Waals surface area contributed by atoms with Gasteiger partial charge >= 0.3 is 0 Å². The third-order valence-corrected chi connectivity index (χ3v) is 2.13. The molecule has 15 heavy (non-hydrogen) atoms. The normalized spacial score (nSPS) is 24.1. The lowest BCUT2D eigenvalue weighted by atomic mass is 9.89. The van der Waals surface area contributed by atoms with Gasteiger partial charge in [0.1, 0.15) is 0 Å². The molecule has 1 saturated heterocycles. The zero-order chi connectivity index (χ0) is 10.9. The van der Waals surface area contributed by atoms with Crippen molar-refractivity contribution in [2.24, 2.45) is 5.64 Å². The third kappa shape index (κ3) is 6.39. The summed E-state index contributed by atoms with van der Waals surface area (Å²) >= 11 is 3.91. The average molecular weight is 233 g/mol. The van der Waals surface area contributed by atoms with E-state index in [2.05, 4.69) is 17.9 Å². The Hall–Kier alpha value is 0.215. The van der Waals surface area contributed by atoms with E-state index < -0.39 is 0 Å². The molecule has 5 nitrogen and oxygen atoms in total. The molecule has 2 unspecified atom stereocenters. The second kappa shape index (κ2) is 8.38. The first-order valence-electron chi connectivity index (χ1n) is 5.11. The Morgan fingerprint density at radius 1 is 1.47 bits per heavy atom. The molecule has 3 N–H and O–H groups in total. The Labute approximate surface area is 96.7 Å². The fourth-order valence-electron chi connectivity index (χ4n) is 1.12. The predicted octanol–water partition coefficient (Wildman–Crippen LogP) is -0.435. The summed E-state index contributed by atoms with van der Waals surface area (Å²) in [7, 11) is 1.66. The minimum absolute atomic E-state index is 0.0405.